The van der Waals surface area contributed by atoms with Crippen LogP contribution in [-0.4, -0.2) is 36.4 Å². The van der Waals surface area contributed by atoms with Crippen LogP contribution in [0.3, 0.4) is 0 Å². The van der Waals surface area contributed by atoms with Gasteiger partial charge < -0.3 is 14.6 Å². The highest BCUT2D eigenvalue weighted by molar-refractivity contribution is 5.70. The van der Waals surface area contributed by atoms with Crippen LogP contribution >= 0.6 is 0 Å². The van der Waals surface area contributed by atoms with Gasteiger partial charge in [-0.15, -0.1) is 0 Å². The number of esters is 2. The Balaban J connectivity index is 3.56. The van der Waals surface area contributed by atoms with Crippen molar-refractivity contribution in [3.05, 3.63) is 0 Å². The molecule has 0 unspecified atom stereocenters. The average Bonchev–Trinajstić information content (AvgIpc) is 2.88. The van der Waals surface area contributed by atoms with Crippen molar-refractivity contribution in [1.29, 1.82) is 0 Å². The van der Waals surface area contributed by atoms with Crippen molar-refractivity contribution in [2.24, 2.45) is 5.92 Å². The molecule has 0 rings (SSSR count). The Bertz CT molecular complexity index is 505. The molecule has 0 aromatic heterocycles. The lowest BCUT2D eigenvalue weighted by molar-refractivity contribution is -0.161. The lowest BCUT2D eigenvalue weighted by atomic mass is 10.0. The Hall–Kier alpha value is -1.10. The molecule has 0 aliphatic rings. The van der Waals surface area contributed by atoms with Gasteiger partial charge in [0.05, 0.1) is 6.61 Å². The van der Waals surface area contributed by atoms with E-state index in [-0.39, 0.29) is 25.2 Å². The van der Waals surface area contributed by atoms with E-state index in [1.807, 2.05) is 0 Å². The van der Waals surface area contributed by atoms with Crippen LogP contribution in [0, 0.1) is 5.92 Å². The molecular formula is C32H62O5. The molecule has 0 saturated heterocycles. The Morgan fingerprint density at radius 1 is 0.595 bits per heavy atom. The van der Waals surface area contributed by atoms with E-state index in [0.29, 0.717) is 12.8 Å². The highest BCUT2D eigenvalue weighted by Gasteiger charge is 2.16. The van der Waals surface area contributed by atoms with Crippen molar-refractivity contribution in [3.8, 4) is 0 Å². The van der Waals surface area contributed by atoms with E-state index in [1.165, 1.54) is 103 Å². The third-order valence-electron chi connectivity index (χ3n) is 7.08. The lowest BCUT2D eigenvalue weighted by Gasteiger charge is -2.15. The second kappa shape index (κ2) is 27.9. The minimum atomic E-state index is -0.760. The number of hydrogen-bond donors (Lipinski definition) is 1. The van der Waals surface area contributed by atoms with Gasteiger partial charge in [-0.25, -0.2) is 0 Å². The first-order valence-corrected chi connectivity index (χ1v) is 16.0. The van der Waals surface area contributed by atoms with E-state index in [1.54, 1.807) is 0 Å². The Morgan fingerprint density at radius 2 is 1.00 bits per heavy atom. The van der Waals surface area contributed by atoms with E-state index >= 15 is 0 Å². The van der Waals surface area contributed by atoms with Gasteiger partial charge in [0.25, 0.3) is 0 Å². The maximum absolute atomic E-state index is 12.0. The summed E-state index contributed by atoms with van der Waals surface area (Å²) in [4.78, 5) is 24.0. The minimum absolute atomic E-state index is 0.0596. The average molecular weight is 527 g/mol. The van der Waals surface area contributed by atoms with Gasteiger partial charge in [-0.2, -0.15) is 0 Å². The van der Waals surface area contributed by atoms with Crippen LogP contribution in [0.25, 0.3) is 0 Å². The van der Waals surface area contributed by atoms with Crippen molar-refractivity contribution in [2.75, 3.05) is 13.2 Å². The summed E-state index contributed by atoms with van der Waals surface area (Å²) >= 11 is 0. The molecule has 37 heavy (non-hydrogen) atoms. The van der Waals surface area contributed by atoms with Crippen LogP contribution in [0.15, 0.2) is 0 Å². The van der Waals surface area contributed by atoms with Crippen LogP contribution in [-0.2, 0) is 19.1 Å². The summed E-state index contributed by atoms with van der Waals surface area (Å²) < 4.78 is 10.5. The summed E-state index contributed by atoms with van der Waals surface area (Å²) in [5.74, 6) is 0.204. The third kappa shape index (κ3) is 27.7. The maximum Gasteiger partial charge on any atom is 0.306 e. The third-order valence-corrected chi connectivity index (χ3v) is 7.08. The predicted octanol–water partition coefficient (Wildman–Crippen LogP) is 9.08. The van der Waals surface area contributed by atoms with Crippen molar-refractivity contribution < 1.29 is 24.2 Å². The molecule has 0 saturated carbocycles. The largest absolute Gasteiger partial charge is 0.462 e. The van der Waals surface area contributed by atoms with Crippen molar-refractivity contribution in [1.82, 2.24) is 0 Å². The van der Waals surface area contributed by atoms with Crippen LogP contribution in [0.2, 0.25) is 0 Å². The monoisotopic (exact) mass is 526 g/mol. The second-order valence-electron chi connectivity index (χ2n) is 11.4. The molecule has 5 heteroatoms. The van der Waals surface area contributed by atoms with Gasteiger partial charge in [0.2, 0.25) is 0 Å². The van der Waals surface area contributed by atoms with Crippen LogP contribution < -0.4 is 0 Å². The Kier molecular flexibility index (Phi) is 27.1. The standard InChI is InChI=1S/C32H62O5/c1-4-5-6-7-8-9-10-11-12-13-16-19-22-25-31(34)36-28-30(27-33)37-32(35)26-23-20-17-14-15-18-21-24-29(2)3/h29-30,33H,4-28H2,1-3H3/t30-/m0/s1. The molecule has 5 nitrogen and oxygen atoms in total. The van der Waals surface area contributed by atoms with Gasteiger partial charge in [0.15, 0.2) is 6.10 Å². The van der Waals surface area contributed by atoms with Gasteiger partial charge in [0, 0.05) is 12.8 Å². The summed E-state index contributed by atoms with van der Waals surface area (Å²) in [7, 11) is 0. The molecule has 0 heterocycles. The summed E-state index contributed by atoms with van der Waals surface area (Å²) in [6, 6.07) is 0. The van der Waals surface area contributed by atoms with E-state index < -0.39 is 6.10 Å². The number of aliphatic hydroxyl groups excluding tert-OH is 1. The molecule has 220 valence electrons. The summed E-state index contributed by atoms with van der Waals surface area (Å²) in [6.07, 6.45) is 25.9. The summed E-state index contributed by atoms with van der Waals surface area (Å²) in [5, 5.41) is 9.46. The Labute approximate surface area is 229 Å². The zero-order chi connectivity index (χ0) is 27.4. The number of unbranched alkanes of at least 4 members (excludes halogenated alkanes) is 18. The number of rotatable bonds is 28. The first-order valence-electron chi connectivity index (χ1n) is 16.0. The van der Waals surface area contributed by atoms with Gasteiger partial charge >= 0.3 is 11.9 Å². The van der Waals surface area contributed by atoms with Crippen molar-refractivity contribution in [2.45, 2.75) is 175 Å². The summed E-state index contributed by atoms with van der Waals surface area (Å²) in [6.45, 7) is 6.41. The van der Waals surface area contributed by atoms with Crippen LogP contribution in [0.5, 0.6) is 0 Å². The molecule has 0 bridgehead atoms. The molecule has 0 aromatic rings. The first kappa shape index (κ1) is 35.9. The fraction of sp³-hybridized carbons (Fsp3) is 0.938. The number of ether oxygens (including phenoxy) is 2. The van der Waals surface area contributed by atoms with E-state index in [9.17, 15) is 14.7 Å². The molecule has 0 aromatic carbocycles. The zero-order valence-electron chi connectivity index (χ0n) is 24.9. The van der Waals surface area contributed by atoms with E-state index in [0.717, 1.165) is 38.0 Å². The highest BCUT2D eigenvalue weighted by atomic mass is 16.6. The molecule has 1 N–H and O–H groups in total. The predicted molar refractivity (Wildman–Crippen MR) is 155 cm³/mol. The van der Waals surface area contributed by atoms with Gasteiger partial charge in [-0.1, -0.05) is 143 Å². The number of aliphatic hydroxyl groups is 1. The molecular weight excluding hydrogens is 464 g/mol. The number of carbonyl (C=O) groups is 2. The molecule has 1 atom stereocenters. The van der Waals surface area contributed by atoms with Gasteiger partial charge in [-0.3, -0.25) is 9.59 Å². The van der Waals surface area contributed by atoms with Crippen LogP contribution in [0.1, 0.15) is 168 Å². The lowest BCUT2D eigenvalue weighted by Crippen LogP contribution is -2.28. The maximum atomic E-state index is 12.0. The van der Waals surface area contributed by atoms with Crippen molar-refractivity contribution >= 4 is 11.9 Å². The fourth-order valence-corrected chi connectivity index (χ4v) is 4.62. The SMILES string of the molecule is CCCCCCCCCCCCCCCC(=O)OC[C@H](CO)OC(=O)CCCCCCCCCC(C)C. The quantitative estimate of drug-likeness (QED) is 0.0813. The zero-order valence-corrected chi connectivity index (χ0v) is 24.9. The molecule has 0 fully saturated rings. The topological polar surface area (TPSA) is 72.8 Å². The second-order valence-corrected chi connectivity index (χ2v) is 11.4. The number of carbonyl (C=O) groups excluding carboxylic acids is 2. The molecule has 0 radical (unpaired) electrons. The molecule has 0 aliphatic heterocycles. The minimum Gasteiger partial charge on any atom is -0.462 e. The van der Waals surface area contributed by atoms with E-state index in [4.69, 9.17) is 9.47 Å². The molecule has 0 aliphatic carbocycles. The van der Waals surface area contributed by atoms with Gasteiger partial charge in [0.1, 0.15) is 6.61 Å². The smallest absolute Gasteiger partial charge is 0.306 e. The van der Waals surface area contributed by atoms with Crippen LogP contribution in [0.4, 0.5) is 0 Å². The molecule has 0 spiro atoms. The number of hydrogen-bond acceptors (Lipinski definition) is 5. The first-order chi connectivity index (χ1) is 18.0. The van der Waals surface area contributed by atoms with Crippen molar-refractivity contribution in [3.63, 3.8) is 0 Å². The summed E-state index contributed by atoms with van der Waals surface area (Å²) in [5.41, 5.74) is 0. The Morgan fingerprint density at radius 3 is 1.43 bits per heavy atom. The normalized spacial score (nSPS) is 12.1. The highest BCUT2D eigenvalue weighted by Crippen LogP contribution is 2.14. The van der Waals surface area contributed by atoms with E-state index in [2.05, 4.69) is 20.8 Å². The molecule has 0 amide bonds. The fourth-order valence-electron chi connectivity index (χ4n) is 4.62. The van der Waals surface area contributed by atoms with Gasteiger partial charge in [-0.05, 0) is 18.8 Å².